The molecular formula is C16H34N2O2. The van der Waals surface area contributed by atoms with Crippen LogP contribution >= 0.6 is 0 Å². The number of ether oxygens (including phenoxy) is 2. The van der Waals surface area contributed by atoms with Gasteiger partial charge in [0.25, 0.3) is 0 Å². The minimum atomic E-state index is 0.624. The van der Waals surface area contributed by atoms with E-state index >= 15 is 0 Å². The molecule has 120 valence electrons. The molecule has 0 amide bonds. The summed E-state index contributed by atoms with van der Waals surface area (Å²) in [7, 11) is 1.71. The first-order chi connectivity index (χ1) is 9.56. The largest absolute Gasteiger partial charge is 0.382 e. The molecule has 0 aromatic rings. The van der Waals surface area contributed by atoms with Gasteiger partial charge in [0, 0.05) is 45.4 Å². The third-order valence-electron chi connectivity index (χ3n) is 4.23. The van der Waals surface area contributed by atoms with E-state index in [2.05, 4.69) is 37.9 Å². The molecule has 1 aliphatic rings. The summed E-state index contributed by atoms with van der Waals surface area (Å²) in [5, 5.41) is 3.71. The summed E-state index contributed by atoms with van der Waals surface area (Å²) in [6.07, 6.45) is 1.11. The highest BCUT2D eigenvalue weighted by Gasteiger charge is 2.30. The molecule has 0 saturated carbocycles. The van der Waals surface area contributed by atoms with Crippen molar-refractivity contribution in [2.75, 3.05) is 46.6 Å². The van der Waals surface area contributed by atoms with E-state index in [9.17, 15) is 0 Å². The van der Waals surface area contributed by atoms with Crippen molar-refractivity contribution in [3.8, 4) is 0 Å². The number of methoxy groups -OCH3 is 1. The Hall–Kier alpha value is -0.160. The van der Waals surface area contributed by atoms with E-state index in [-0.39, 0.29) is 0 Å². The summed E-state index contributed by atoms with van der Waals surface area (Å²) < 4.78 is 10.6. The third-order valence-corrected chi connectivity index (χ3v) is 4.23. The molecule has 1 fully saturated rings. The van der Waals surface area contributed by atoms with Gasteiger partial charge in [-0.15, -0.1) is 0 Å². The standard InChI is InChI=1S/C16H34N2O2/c1-13(2)15-12-18(16(11-17-15)14(3)4)7-6-8-20-10-9-19-5/h13-17H,6-12H2,1-5H3. The van der Waals surface area contributed by atoms with Crippen LogP contribution in [0.1, 0.15) is 34.1 Å². The van der Waals surface area contributed by atoms with Crippen molar-refractivity contribution in [3.63, 3.8) is 0 Å². The van der Waals surface area contributed by atoms with E-state index < -0.39 is 0 Å². The monoisotopic (exact) mass is 286 g/mol. The maximum atomic E-state index is 5.57. The van der Waals surface area contributed by atoms with Gasteiger partial charge in [0.1, 0.15) is 0 Å². The Morgan fingerprint density at radius 1 is 1.10 bits per heavy atom. The SMILES string of the molecule is COCCOCCCN1CC(C(C)C)NCC1C(C)C. The van der Waals surface area contributed by atoms with Gasteiger partial charge in [-0.25, -0.2) is 0 Å². The molecule has 1 aliphatic heterocycles. The minimum Gasteiger partial charge on any atom is -0.382 e. The maximum absolute atomic E-state index is 5.57. The lowest BCUT2D eigenvalue weighted by molar-refractivity contribution is 0.0486. The van der Waals surface area contributed by atoms with Crippen molar-refractivity contribution in [2.24, 2.45) is 11.8 Å². The molecule has 0 aliphatic carbocycles. The molecule has 2 unspecified atom stereocenters. The van der Waals surface area contributed by atoms with Crippen LogP contribution in [0.2, 0.25) is 0 Å². The molecule has 0 spiro atoms. The molecule has 2 atom stereocenters. The van der Waals surface area contributed by atoms with Crippen molar-refractivity contribution in [1.29, 1.82) is 0 Å². The van der Waals surface area contributed by atoms with E-state index in [1.54, 1.807) is 7.11 Å². The fourth-order valence-corrected chi connectivity index (χ4v) is 2.83. The Morgan fingerprint density at radius 3 is 2.45 bits per heavy atom. The maximum Gasteiger partial charge on any atom is 0.0700 e. The zero-order valence-corrected chi connectivity index (χ0v) is 14.0. The van der Waals surface area contributed by atoms with E-state index in [0.717, 1.165) is 26.1 Å². The summed E-state index contributed by atoms with van der Waals surface area (Å²) in [6, 6.07) is 1.28. The molecule has 0 aromatic carbocycles. The zero-order valence-electron chi connectivity index (χ0n) is 14.0. The van der Waals surface area contributed by atoms with Crippen molar-refractivity contribution < 1.29 is 9.47 Å². The van der Waals surface area contributed by atoms with E-state index in [4.69, 9.17) is 9.47 Å². The fraction of sp³-hybridized carbons (Fsp3) is 1.00. The first kappa shape index (κ1) is 17.9. The molecule has 0 bridgehead atoms. The Balaban J connectivity index is 2.32. The first-order valence-electron chi connectivity index (χ1n) is 8.10. The second kappa shape index (κ2) is 9.72. The fourth-order valence-electron chi connectivity index (χ4n) is 2.83. The van der Waals surface area contributed by atoms with Gasteiger partial charge in [0.05, 0.1) is 13.2 Å². The predicted molar refractivity (Wildman–Crippen MR) is 84.1 cm³/mol. The number of piperazine rings is 1. The van der Waals surface area contributed by atoms with Crippen LogP contribution in [0.3, 0.4) is 0 Å². The normalized spacial score (nSPS) is 24.8. The minimum absolute atomic E-state index is 0.624. The average molecular weight is 286 g/mol. The number of nitrogens with zero attached hydrogens (tertiary/aromatic N) is 1. The second-order valence-corrected chi connectivity index (χ2v) is 6.52. The lowest BCUT2D eigenvalue weighted by Crippen LogP contribution is -2.59. The van der Waals surface area contributed by atoms with E-state index in [1.807, 2.05) is 0 Å². The molecule has 20 heavy (non-hydrogen) atoms. The van der Waals surface area contributed by atoms with Gasteiger partial charge >= 0.3 is 0 Å². The van der Waals surface area contributed by atoms with Crippen LogP contribution in [-0.4, -0.2) is 63.5 Å². The molecular weight excluding hydrogens is 252 g/mol. The Morgan fingerprint density at radius 2 is 1.85 bits per heavy atom. The quantitative estimate of drug-likeness (QED) is 0.657. The van der Waals surface area contributed by atoms with Crippen molar-refractivity contribution in [1.82, 2.24) is 10.2 Å². The van der Waals surface area contributed by atoms with Crippen molar-refractivity contribution in [3.05, 3.63) is 0 Å². The van der Waals surface area contributed by atoms with E-state index in [0.29, 0.717) is 37.1 Å². The third kappa shape index (κ3) is 6.08. The molecule has 4 heteroatoms. The summed E-state index contributed by atoms with van der Waals surface area (Å²) in [5.74, 6) is 1.40. The first-order valence-corrected chi connectivity index (χ1v) is 8.10. The predicted octanol–water partition coefficient (Wildman–Crippen LogP) is 1.99. The van der Waals surface area contributed by atoms with Gasteiger partial charge in [0.15, 0.2) is 0 Å². The highest BCUT2D eigenvalue weighted by Crippen LogP contribution is 2.18. The second-order valence-electron chi connectivity index (χ2n) is 6.52. The molecule has 0 radical (unpaired) electrons. The van der Waals surface area contributed by atoms with Gasteiger partial charge in [-0.2, -0.15) is 0 Å². The van der Waals surface area contributed by atoms with Gasteiger partial charge in [0.2, 0.25) is 0 Å². The highest BCUT2D eigenvalue weighted by molar-refractivity contribution is 4.88. The van der Waals surface area contributed by atoms with Crippen LogP contribution in [0, 0.1) is 11.8 Å². The van der Waals surface area contributed by atoms with Crippen molar-refractivity contribution in [2.45, 2.75) is 46.2 Å². The summed E-state index contributed by atoms with van der Waals surface area (Å²) in [4.78, 5) is 2.66. The number of nitrogens with one attached hydrogen (secondary N) is 1. The molecule has 1 N–H and O–H groups in total. The Bertz CT molecular complexity index is 247. The highest BCUT2D eigenvalue weighted by atomic mass is 16.5. The molecule has 1 saturated heterocycles. The van der Waals surface area contributed by atoms with Crippen LogP contribution < -0.4 is 5.32 Å². The summed E-state index contributed by atoms with van der Waals surface area (Å²) >= 11 is 0. The zero-order chi connectivity index (χ0) is 15.0. The number of rotatable bonds is 9. The summed E-state index contributed by atoms with van der Waals surface area (Å²) in [6.45, 7) is 14.9. The van der Waals surface area contributed by atoms with Crippen LogP contribution in [0.4, 0.5) is 0 Å². The number of hydrogen-bond donors (Lipinski definition) is 1. The topological polar surface area (TPSA) is 33.7 Å². The molecule has 4 nitrogen and oxygen atoms in total. The van der Waals surface area contributed by atoms with Crippen LogP contribution in [-0.2, 0) is 9.47 Å². The van der Waals surface area contributed by atoms with E-state index in [1.165, 1.54) is 6.54 Å². The Labute approximate surface area is 125 Å². The van der Waals surface area contributed by atoms with Gasteiger partial charge in [-0.1, -0.05) is 27.7 Å². The summed E-state index contributed by atoms with van der Waals surface area (Å²) in [5.41, 5.74) is 0. The van der Waals surface area contributed by atoms with Crippen molar-refractivity contribution >= 4 is 0 Å². The van der Waals surface area contributed by atoms with Gasteiger partial charge in [-0.3, -0.25) is 4.90 Å². The van der Waals surface area contributed by atoms with Gasteiger partial charge in [-0.05, 0) is 18.3 Å². The number of hydrogen-bond acceptors (Lipinski definition) is 4. The molecule has 1 heterocycles. The molecule has 0 aromatic heterocycles. The van der Waals surface area contributed by atoms with Crippen LogP contribution in [0.5, 0.6) is 0 Å². The average Bonchev–Trinajstić information content (AvgIpc) is 2.42. The smallest absolute Gasteiger partial charge is 0.0700 e. The Kier molecular flexibility index (Phi) is 8.69. The van der Waals surface area contributed by atoms with Gasteiger partial charge < -0.3 is 14.8 Å². The molecule has 1 rings (SSSR count). The lowest BCUT2D eigenvalue weighted by Gasteiger charge is -2.43. The lowest BCUT2D eigenvalue weighted by atomic mass is 9.94. The van der Waals surface area contributed by atoms with Crippen LogP contribution in [0.15, 0.2) is 0 Å². The van der Waals surface area contributed by atoms with Crippen LogP contribution in [0.25, 0.3) is 0 Å².